The van der Waals surface area contributed by atoms with E-state index in [1.807, 2.05) is 19.9 Å². The third-order valence-corrected chi connectivity index (χ3v) is 8.21. The predicted molar refractivity (Wildman–Crippen MR) is 134 cm³/mol. The third kappa shape index (κ3) is 6.96. The van der Waals surface area contributed by atoms with Crippen LogP contribution in [0, 0.1) is 5.92 Å². The van der Waals surface area contributed by atoms with Gasteiger partial charge in [0.25, 0.3) is 0 Å². The van der Waals surface area contributed by atoms with Gasteiger partial charge in [-0.2, -0.15) is 0 Å². The molecule has 0 spiro atoms. The average Bonchev–Trinajstić information content (AvgIpc) is 3.45. The Balaban J connectivity index is 1.83. The minimum atomic E-state index is -1.33. The molecule has 1 saturated heterocycles. The van der Waals surface area contributed by atoms with Crippen LogP contribution in [0.3, 0.4) is 0 Å². The summed E-state index contributed by atoms with van der Waals surface area (Å²) in [6.07, 6.45) is 2.92. The number of rotatable bonds is 12. The van der Waals surface area contributed by atoms with Crippen molar-refractivity contribution in [2.24, 2.45) is 5.92 Å². The van der Waals surface area contributed by atoms with E-state index in [2.05, 4.69) is 26.6 Å². The fraction of sp³-hybridized carbons (Fsp3) is 0.731. The predicted octanol–water partition coefficient (Wildman–Crippen LogP) is 5.60. The van der Waals surface area contributed by atoms with Gasteiger partial charge in [-0.05, 0) is 62.6 Å². The summed E-state index contributed by atoms with van der Waals surface area (Å²) in [6, 6.07) is 4.60. The van der Waals surface area contributed by atoms with Gasteiger partial charge in [0.1, 0.15) is 17.1 Å². The number of hydrogen-bond acceptors (Lipinski definition) is 7. The third-order valence-electron chi connectivity index (χ3n) is 6.51. The van der Waals surface area contributed by atoms with E-state index in [1.54, 1.807) is 20.3 Å². The van der Waals surface area contributed by atoms with Crippen molar-refractivity contribution < 1.29 is 33.2 Å². The molecule has 1 heterocycles. The lowest BCUT2D eigenvalue weighted by atomic mass is 9.97. The molecule has 4 atom stereocenters. The minimum absolute atomic E-state index is 0.0381. The summed E-state index contributed by atoms with van der Waals surface area (Å²) in [7, 11) is 1.85. The maximum atomic E-state index is 13.3. The molecule has 1 aromatic carbocycles. The van der Waals surface area contributed by atoms with Gasteiger partial charge in [0.05, 0.1) is 25.9 Å². The molecule has 0 radical (unpaired) electrons. The van der Waals surface area contributed by atoms with Crippen molar-refractivity contribution in [3.63, 3.8) is 0 Å². The Hall–Kier alpha value is -1.61. The van der Waals surface area contributed by atoms with Crippen molar-refractivity contribution in [3.05, 3.63) is 23.3 Å². The fourth-order valence-electron chi connectivity index (χ4n) is 4.64. The van der Waals surface area contributed by atoms with Crippen LogP contribution >= 0.6 is 0 Å². The van der Waals surface area contributed by atoms with Crippen molar-refractivity contribution in [1.82, 2.24) is 0 Å². The molecule has 7 nitrogen and oxygen atoms in total. The summed E-state index contributed by atoms with van der Waals surface area (Å²) in [5, 5.41) is 0. The van der Waals surface area contributed by atoms with Crippen molar-refractivity contribution >= 4 is 14.0 Å². The summed E-state index contributed by atoms with van der Waals surface area (Å²) < 4.78 is 34.4. The van der Waals surface area contributed by atoms with Gasteiger partial charge in [0, 0.05) is 21.3 Å². The second-order valence-electron chi connectivity index (χ2n) is 11.0. The number of carbonyl (C=O) groups is 1. The number of hydrogen-bond donors (Lipinski definition) is 0. The summed E-state index contributed by atoms with van der Waals surface area (Å²) in [6.45, 7) is 13.3. The maximum Gasteiger partial charge on any atom is 0.342 e. The van der Waals surface area contributed by atoms with Crippen LogP contribution in [0.2, 0.25) is 25.7 Å². The number of methoxy groups -OCH3 is 2. The van der Waals surface area contributed by atoms with Crippen LogP contribution in [0.25, 0.3) is 0 Å². The summed E-state index contributed by atoms with van der Waals surface area (Å²) in [5.41, 5.74) is 1.40. The molecule has 192 valence electrons. The van der Waals surface area contributed by atoms with Gasteiger partial charge in [-0.15, -0.1) is 0 Å². The monoisotopic (exact) mass is 494 g/mol. The Labute approximate surface area is 205 Å². The van der Waals surface area contributed by atoms with Gasteiger partial charge >= 0.3 is 5.97 Å². The molecule has 3 rings (SSSR count). The Morgan fingerprint density at radius 3 is 2.47 bits per heavy atom. The van der Waals surface area contributed by atoms with E-state index in [-0.39, 0.29) is 30.9 Å². The Morgan fingerprint density at radius 1 is 1.15 bits per heavy atom. The molecule has 0 N–H and O–H groups in total. The van der Waals surface area contributed by atoms with E-state index in [9.17, 15) is 4.79 Å². The van der Waals surface area contributed by atoms with Crippen LogP contribution in [-0.2, 0) is 18.9 Å². The fourth-order valence-corrected chi connectivity index (χ4v) is 5.35. The van der Waals surface area contributed by atoms with Gasteiger partial charge in [-0.25, -0.2) is 4.79 Å². The molecule has 2 unspecified atom stereocenters. The molecule has 2 fully saturated rings. The Morgan fingerprint density at radius 2 is 1.85 bits per heavy atom. The highest BCUT2D eigenvalue weighted by molar-refractivity contribution is 6.76. The molecule has 1 aliphatic heterocycles. The normalized spacial score (nSPS) is 25.8. The topological polar surface area (TPSA) is 72.5 Å². The zero-order valence-electron chi connectivity index (χ0n) is 22.1. The molecule has 0 amide bonds. The first-order chi connectivity index (χ1) is 16.0. The summed E-state index contributed by atoms with van der Waals surface area (Å²) in [5.74, 6) is 0.793. The van der Waals surface area contributed by atoms with Gasteiger partial charge in [-0.3, -0.25) is 0 Å². The zero-order chi connectivity index (χ0) is 25.1. The lowest BCUT2D eigenvalue weighted by Crippen LogP contribution is -2.23. The molecule has 2 aliphatic rings. The van der Waals surface area contributed by atoms with Crippen LogP contribution in [0.5, 0.6) is 11.5 Å². The molecule has 1 aromatic rings. The summed E-state index contributed by atoms with van der Waals surface area (Å²) >= 11 is 0. The van der Waals surface area contributed by atoms with Gasteiger partial charge in [0.15, 0.2) is 12.6 Å². The quantitative estimate of drug-likeness (QED) is 0.213. The van der Waals surface area contributed by atoms with Crippen LogP contribution in [-0.4, -0.2) is 59.7 Å². The summed E-state index contributed by atoms with van der Waals surface area (Å²) in [4.78, 5) is 13.3. The van der Waals surface area contributed by atoms with E-state index in [0.29, 0.717) is 29.6 Å². The first-order valence-corrected chi connectivity index (χ1v) is 16.0. The van der Waals surface area contributed by atoms with Gasteiger partial charge < -0.3 is 28.4 Å². The smallest absolute Gasteiger partial charge is 0.342 e. The molecule has 0 bridgehead atoms. The number of esters is 1. The SMILES string of the molecule is CC[C@H]1OC(C)(C)O[C@H]1CC1CC1c1cc(OC)cc(OCOC)c1C(=O)OCC[Si](C)(C)C. The molecule has 34 heavy (non-hydrogen) atoms. The first-order valence-electron chi connectivity index (χ1n) is 12.3. The van der Waals surface area contributed by atoms with Crippen LogP contribution < -0.4 is 9.47 Å². The van der Waals surface area contributed by atoms with Crippen LogP contribution in [0.15, 0.2) is 12.1 Å². The van der Waals surface area contributed by atoms with E-state index >= 15 is 0 Å². The Kier molecular flexibility index (Phi) is 8.71. The van der Waals surface area contributed by atoms with E-state index in [1.165, 1.54) is 0 Å². The standard InChI is InChI=1S/C26H42O7Si/c1-9-21-22(33-26(2,3)32-21)13-17-12-19(17)20-14-18(29-5)15-23(31-16-28-4)24(20)25(27)30-10-11-34(6,7)8/h14-15,17,19,21-22H,9-13,16H2,1-8H3/t17?,19?,21-,22+/m1/s1. The lowest BCUT2D eigenvalue weighted by molar-refractivity contribution is -0.147. The second-order valence-corrected chi connectivity index (χ2v) is 16.7. The molecule has 8 heteroatoms. The van der Waals surface area contributed by atoms with E-state index in [0.717, 1.165) is 30.9 Å². The van der Waals surface area contributed by atoms with Crippen LogP contribution in [0.1, 0.15) is 61.9 Å². The molecule has 1 aliphatic carbocycles. The highest BCUT2D eigenvalue weighted by atomic mass is 28.3. The molecular weight excluding hydrogens is 452 g/mol. The highest BCUT2D eigenvalue weighted by Crippen LogP contribution is 2.54. The van der Waals surface area contributed by atoms with Gasteiger partial charge in [0.2, 0.25) is 0 Å². The van der Waals surface area contributed by atoms with E-state index in [4.69, 9.17) is 28.4 Å². The van der Waals surface area contributed by atoms with E-state index < -0.39 is 13.9 Å². The van der Waals surface area contributed by atoms with Crippen molar-refractivity contribution in [2.45, 2.75) is 89.6 Å². The molecule has 0 aromatic heterocycles. The van der Waals surface area contributed by atoms with Gasteiger partial charge in [-0.1, -0.05) is 26.6 Å². The minimum Gasteiger partial charge on any atom is -0.497 e. The second kappa shape index (κ2) is 11.0. The number of ether oxygens (including phenoxy) is 6. The average molecular weight is 495 g/mol. The molecule has 1 saturated carbocycles. The Bertz CT molecular complexity index is 848. The lowest BCUT2D eigenvalue weighted by Gasteiger charge is -2.19. The largest absolute Gasteiger partial charge is 0.497 e. The first kappa shape index (κ1) is 27.0. The molecular formula is C26H42O7Si. The maximum absolute atomic E-state index is 13.3. The van der Waals surface area contributed by atoms with Crippen molar-refractivity contribution in [3.8, 4) is 11.5 Å². The number of carbonyl (C=O) groups excluding carboxylic acids is 1. The van der Waals surface area contributed by atoms with Crippen molar-refractivity contribution in [2.75, 3.05) is 27.6 Å². The van der Waals surface area contributed by atoms with Crippen LogP contribution in [0.4, 0.5) is 0 Å². The number of benzene rings is 1. The van der Waals surface area contributed by atoms with Crippen molar-refractivity contribution in [1.29, 1.82) is 0 Å². The zero-order valence-corrected chi connectivity index (χ0v) is 23.1. The highest BCUT2D eigenvalue weighted by Gasteiger charge is 2.48.